The van der Waals surface area contributed by atoms with Gasteiger partial charge in [0.15, 0.2) is 29.2 Å². The Morgan fingerprint density at radius 3 is 2.54 bits per heavy atom. The first kappa shape index (κ1) is 35.7. The summed E-state index contributed by atoms with van der Waals surface area (Å²) < 4.78 is 28.3. The van der Waals surface area contributed by atoms with Gasteiger partial charge in [0.25, 0.3) is 0 Å². The zero-order chi connectivity index (χ0) is 34.6. The summed E-state index contributed by atoms with van der Waals surface area (Å²) in [6.45, 7) is 7.77. The Bertz CT molecular complexity index is 1680. The first-order valence-electron chi connectivity index (χ1n) is 15.1. The van der Waals surface area contributed by atoms with Crippen molar-refractivity contribution in [2.45, 2.75) is 39.1 Å². The molecule has 1 aliphatic rings. The summed E-state index contributed by atoms with van der Waals surface area (Å²) in [6.07, 6.45) is 2.67. The smallest absolute Gasteiger partial charge is 0.337 e. The quantitative estimate of drug-likeness (QED) is 0.0529. The molecule has 0 saturated carbocycles. The van der Waals surface area contributed by atoms with Crippen LogP contribution >= 0.6 is 11.6 Å². The van der Waals surface area contributed by atoms with Crippen molar-refractivity contribution in [2.75, 3.05) is 27.4 Å². The molecule has 4 N–H and O–H groups in total. The number of halogens is 1. The van der Waals surface area contributed by atoms with E-state index in [1.54, 1.807) is 62.7 Å². The highest BCUT2D eigenvalue weighted by molar-refractivity contribution is 6.30. The van der Waals surface area contributed by atoms with Gasteiger partial charge < -0.3 is 39.4 Å². The van der Waals surface area contributed by atoms with E-state index in [0.29, 0.717) is 64.5 Å². The van der Waals surface area contributed by atoms with Crippen LogP contribution < -0.4 is 35.0 Å². The van der Waals surface area contributed by atoms with Crippen molar-refractivity contribution in [1.82, 2.24) is 16.1 Å². The Balaban J connectivity index is 1.42. The Kier molecular flexibility index (Phi) is 12.7. The normalized spacial score (nSPS) is 14.9. The number of aliphatic hydroxyl groups is 1. The maximum absolute atomic E-state index is 12.5. The van der Waals surface area contributed by atoms with E-state index < -0.39 is 24.3 Å². The number of hydrogen-bond donors (Lipinski definition) is 4. The number of nitrogens with one attached hydrogen (secondary N) is 3. The maximum Gasteiger partial charge on any atom is 0.337 e. The van der Waals surface area contributed by atoms with Crippen molar-refractivity contribution in [3.05, 3.63) is 106 Å². The lowest BCUT2D eigenvalue weighted by molar-refractivity contribution is -0.136. The van der Waals surface area contributed by atoms with E-state index >= 15 is 0 Å². The lowest BCUT2D eigenvalue weighted by Gasteiger charge is -2.28. The Morgan fingerprint density at radius 1 is 1.08 bits per heavy atom. The SMILES string of the molecule is C=CCc1cc(/C=N\N[C@@H](O)COc2ccc([C@@H]3NC(=O)NC(C)=C3C(=O)OC)cc2OCC)cc(OC)c1OCc1ccc(Cl)cc1. The van der Waals surface area contributed by atoms with E-state index in [4.69, 9.17) is 35.3 Å². The fourth-order valence-electron chi connectivity index (χ4n) is 4.94. The second-order valence-corrected chi connectivity index (χ2v) is 11.0. The molecule has 1 aliphatic heterocycles. The molecule has 0 aliphatic carbocycles. The maximum atomic E-state index is 12.5. The number of urea groups is 1. The van der Waals surface area contributed by atoms with Crippen LogP contribution in [0.3, 0.4) is 0 Å². The molecule has 0 unspecified atom stereocenters. The molecule has 12 nitrogen and oxygen atoms in total. The van der Waals surface area contributed by atoms with Gasteiger partial charge in [-0.1, -0.05) is 35.9 Å². The van der Waals surface area contributed by atoms with Gasteiger partial charge in [-0.25, -0.2) is 9.59 Å². The number of allylic oxidation sites excluding steroid dienone is 2. The van der Waals surface area contributed by atoms with Crippen LogP contribution in [0.4, 0.5) is 4.79 Å². The third-order valence-corrected chi connectivity index (χ3v) is 7.40. The van der Waals surface area contributed by atoms with Crippen LogP contribution in [0.15, 0.2) is 83.6 Å². The van der Waals surface area contributed by atoms with Crippen LogP contribution in [-0.2, 0) is 22.6 Å². The fraction of sp³-hybridized carbons (Fsp3) is 0.286. The van der Waals surface area contributed by atoms with E-state index in [0.717, 1.165) is 11.1 Å². The predicted molar refractivity (Wildman–Crippen MR) is 182 cm³/mol. The third-order valence-electron chi connectivity index (χ3n) is 7.14. The van der Waals surface area contributed by atoms with E-state index in [1.807, 2.05) is 25.1 Å². The van der Waals surface area contributed by atoms with Crippen molar-refractivity contribution in [3.8, 4) is 23.0 Å². The van der Waals surface area contributed by atoms with Gasteiger partial charge >= 0.3 is 12.0 Å². The molecule has 0 spiro atoms. The van der Waals surface area contributed by atoms with E-state index in [-0.39, 0.29) is 12.2 Å². The van der Waals surface area contributed by atoms with Gasteiger partial charge in [0.05, 0.1) is 38.7 Å². The molecule has 254 valence electrons. The molecule has 0 bridgehead atoms. The standard InChI is InChI=1S/C35H39ClN4O8/c1-6-8-25-15-23(16-29(44-4)33(25)48-19-22-9-12-26(36)13-10-22)18-37-40-30(41)20-47-27-14-11-24(17-28(27)46-7-2)32-31(34(42)45-5)21(3)38-35(43)39-32/h6,9-18,30,32,40-41H,1,7-8,19-20H2,2-5H3,(H2,38,39,43)/b37-18-/t30-,32-/m0/s1. The molecule has 13 heteroatoms. The number of ether oxygens (including phenoxy) is 5. The molecular formula is C35H39ClN4O8. The average Bonchev–Trinajstić information content (AvgIpc) is 3.07. The minimum Gasteiger partial charge on any atom is -0.493 e. The summed E-state index contributed by atoms with van der Waals surface area (Å²) in [5, 5.41) is 20.7. The van der Waals surface area contributed by atoms with Gasteiger partial charge in [-0.3, -0.25) is 5.43 Å². The van der Waals surface area contributed by atoms with Crippen molar-refractivity contribution in [1.29, 1.82) is 0 Å². The molecule has 1 heterocycles. The van der Waals surface area contributed by atoms with E-state index in [2.05, 4.69) is 27.7 Å². The number of carbonyl (C=O) groups is 2. The molecule has 3 aromatic carbocycles. The summed E-state index contributed by atoms with van der Waals surface area (Å²) >= 11 is 6.00. The summed E-state index contributed by atoms with van der Waals surface area (Å²) in [4.78, 5) is 24.7. The largest absolute Gasteiger partial charge is 0.493 e. The lowest BCUT2D eigenvalue weighted by Crippen LogP contribution is -2.45. The second-order valence-electron chi connectivity index (χ2n) is 10.5. The van der Waals surface area contributed by atoms with Crippen LogP contribution in [0.2, 0.25) is 5.02 Å². The molecule has 0 fully saturated rings. The Labute approximate surface area is 284 Å². The fourth-order valence-corrected chi connectivity index (χ4v) is 5.06. The topological polar surface area (TPSA) is 149 Å². The molecule has 0 saturated heterocycles. The van der Waals surface area contributed by atoms with Gasteiger partial charge in [0.1, 0.15) is 13.2 Å². The van der Waals surface area contributed by atoms with E-state index in [1.165, 1.54) is 7.11 Å². The molecule has 48 heavy (non-hydrogen) atoms. The zero-order valence-electron chi connectivity index (χ0n) is 27.2. The Morgan fingerprint density at radius 2 is 1.85 bits per heavy atom. The molecule has 2 atom stereocenters. The predicted octanol–water partition coefficient (Wildman–Crippen LogP) is 5.18. The highest BCUT2D eigenvalue weighted by Crippen LogP contribution is 2.36. The minimum absolute atomic E-state index is 0.171. The Hall–Kier alpha value is -5.20. The van der Waals surface area contributed by atoms with Crippen molar-refractivity contribution < 1.29 is 38.4 Å². The number of benzene rings is 3. The van der Waals surface area contributed by atoms with Crippen LogP contribution in [0.25, 0.3) is 0 Å². The number of methoxy groups -OCH3 is 2. The molecule has 3 aromatic rings. The van der Waals surface area contributed by atoms with Gasteiger partial charge in [0.2, 0.25) is 0 Å². The molecule has 0 radical (unpaired) electrons. The van der Waals surface area contributed by atoms with Gasteiger partial charge in [-0.05, 0) is 73.4 Å². The summed E-state index contributed by atoms with van der Waals surface area (Å²) in [7, 11) is 2.83. The molecule has 2 amide bonds. The van der Waals surface area contributed by atoms with Gasteiger partial charge in [0, 0.05) is 16.3 Å². The number of hydrazone groups is 1. The molecular weight excluding hydrogens is 640 g/mol. The number of nitrogens with zero attached hydrogens (tertiary/aromatic N) is 1. The number of rotatable bonds is 16. The van der Waals surface area contributed by atoms with Gasteiger partial charge in [-0.15, -0.1) is 6.58 Å². The summed E-state index contributed by atoms with van der Waals surface area (Å²) in [6, 6.07) is 14.9. The van der Waals surface area contributed by atoms with Crippen LogP contribution in [0.1, 0.15) is 42.1 Å². The van der Waals surface area contributed by atoms with E-state index in [9.17, 15) is 14.7 Å². The first-order valence-corrected chi connectivity index (χ1v) is 15.5. The van der Waals surface area contributed by atoms with Crippen LogP contribution in [0, 0.1) is 0 Å². The van der Waals surface area contributed by atoms with Crippen molar-refractivity contribution >= 4 is 29.8 Å². The minimum atomic E-state index is -1.17. The van der Waals surface area contributed by atoms with Crippen molar-refractivity contribution in [2.24, 2.45) is 5.10 Å². The van der Waals surface area contributed by atoms with Crippen LogP contribution in [-0.4, -0.2) is 57.0 Å². The number of hydrogen-bond acceptors (Lipinski definition) is 10. The van der Waals surface area contributed by atoms with Gasteiger partial charge in [-0.2, -0.15) is 5.10 Å². The van der Waals surface area contributed by atoms with Crippen LogP contribution in [0.5, 0.6) is 23.0 Å². The number of aliphatic hydroxyl groups excluding tert-OH is 1. The summed E-state index contributed by atoms with van der Waals surface area (Å²) in [5.41, 5.74) is 6.39. The lowest BCUT2D eigenvalue weighted by atomic mass is 9.95. The zero-order valence-corrected chi connectivity index (χ0v) is 27.9. The summed E-state index contributed by atoms with van der Waals surface area (Å²) in [5.74, 6) is 1.25. The van der Waals surface area contributed by atoms with Crippen molar-refractivity contribution in [3.63, 3.8) is 0 Å². The second kappa shape index (κ2) is 17.1. The highest BCUT2D eigenvalue weighted by Gasteiger charge is 2.32. The number of esters is 1. The number of amides is 2. The monoisotopic (exact) mass is 678 g/mol. The average molecular weight is 679 g/mol. The first-order chi connectivity index (χ1) is 23.2. The number of carbonyl (C=O) groups excluding carboxylic acids is 2. The molecule has 4 rings (SSSR count). The highest BCUT2D eigenvalue weighted by atomic mass is 35.5. The third kappa shape index (κ3) is 9.20. The molecule has 0 aromatic heterocycles.